The summed E-state index contributed by atoms with van der Waals surface area (Å²) in [6.07, 6.45) is -0.779. The van der Waals surface area contributed by atoms with Gasteiger partial charge in [0, 0.05) is 13.8 Å². The summed E-state index contributed by atoms with van der Waals surface area (Å²) >= 11 is 0. The molecule has 1 rings (SSSR count). The zero-order chi connectivity index (χ0) is 16.4. The van der Waals surface area contributed by atoms with E-state index in [0.29, 0.717) is 6.42 Å². The molecule has 1 amide bonds. The second-order valence-corrected chi connectivity index (χ2v) is 7.24. The maximum Gasteiger partial charge on any atom is 0.407 e. The highest BCUT2D eigenvalue weighted by atomic mass is 16.8. The molecule has 1 fully saturated rings. The van der Waals surface area contributed by atoms with Crippen molar-refractivity contribution in [1.82, 2.24) is 5.32 Å². The molecule has 0 unspecified atom stereocenters. The molecular weight excluding hydrogens is 274 g/mol. The van der Waals surface area contributed by atoms with Crippen molar-refractivity contribution in [1.29, 1.82) is 0 Å². The van der Waals surface area contributed by atoms with Gasteiger partial charge in [-0.1, -0.05) is 13.8 Å². The topological polar surface area (TPSA) is 73.9 Å². The second-order valence-electron chi connectivity index (χ2n) is 7.24. The summed E-state index contributed by atoms with van der Waals surface area (Å²) in [5, 5.41) is 2.73. The molecule has 0 saturated carbocycles. The zero-order valence-corrected chi connectivity index (χ0v) is 14.0. The van der Waals surface area contributed by atoms with Gasteiger partial charge in [0.25, 0.3) is 0 Å². The predicted molar refractivity (Wildman–Crippen MR) is 77.7 cm³/mol. The molecule has 6 heteroatoms. The Morgan fingerprint density at radius 3 is 2.33 bits per heavy atom. The summed E-state index contributed by atoms with van der Waals surface area (Å²) in [5.74, 6) is -1.14. The zero-order valence-electron chi connectivity index (χ0n) is 14.0. The quantitative estimate of drug-likeness (QED) is 0.808. The molecule has 0 radical (unpaired) electrons. The number of esters is 1. The van der Waals surface area contributed by atoms with Gasteiger partial charge in [-0.15, -0.1) is 0 Å². The number of hydrogen-bond donors (Lipinski definition) is 1. The van der Waals surface area contributed by atoms with Crippen LogP contribution in [0.5, 0.6) is 0 Å². The Morgan fingerprint density at radius 1 is 1.38 bits per heavy atom. The Kier molecular flexibility index (Phi) is 5.25. The van der Waals surface area contributed by atoms with E-state index in [2.05, 4.69) is 5.32 Å². The van der Waals surface area contributed by atoms with Crippen LogP contribution in [0.1, 0.15) is 54.9 Å². The number of cyclic esters (lactones) is 1. The van der Waals surface area contributed by atoms with E-state index in [1.54, 1.807) is 34.6 Å². The highest BCUT2D eigenvalue weighted by Gasteiger charge is 2.46. The van der Waals surface area contributed by atoms with E-state index in [4.69, 9.17) is 14.2 Å². The SMILES string of the molecule is CC(C)C[C@@H](NC(=O)OC(C)(C)C)[C@@H]1OC(C)(C)OC1=O. The van der Waals surface area contributed by atoms with Gasteiger partial charge >= 0.3 is 12.1 Å². The molecular formula is C15H27NO5. The highest BCUT2D eigenvalue weighted by Crippen LogP contribution is 2.27. The number of carbonyl (C=O) groups excluding carboxylic acids is 2. The number of amides is 1. The largest absolute Gasteiger partial charge is 0.444 e. The van der Waals surface area contributed by atoms with Crippen LogP contribution in [0.25, 0.3) is 0 Å². The summed E-state index contributed by atoms with van der Waals surface area (Å²) in [6.45, 7) is 12.7. The molecule has 0 aromatic rings. The van der Waals surface area contributed by atoms with Crippen molar-refractivity contribution in [3.63, 3.8) is 0 Å². The number of rotatable bonds is 4. The summed E-state index contributed by atoms with van der Waals surface area (Å²) in [7, 11) is 0. The molecule has 0 aromatic carbocycles. The maximum absolute atomic E-state index is 11.9. The first kappa shape index (κ1) is 17.8. The fraction of sp³-hybridized carbons (Fsp3) is 0.867. The highest BCUT2D eigenvalue weighted by molar-refractivity contribution is 5.79. The summed E-state index contributed by atoms with van der Waals surface area (Å²) < 4.78 is 16.0. The van der Waals surface area contributed by atoms with E-state index in [-0.39, 0.29) is 5.92 Å². The van der Waals surface area contributed by atoms with Gasteiger partial charge in [-0.05, 0) is 33.1 Å². The Bertz CT molecular complexity index is 397. The van der Waals surface area contributed by atoms with Crippen LogP contribution >= 0.6 is 0 Å². The number of alkyl carbamates (subject to hydrolysis) is 1. The number of carbonyl (C=O) groups is 2. The lowest BCUT2D eigenvalue weighted by atomic mass is 9.99. The average molecular weight is 301 g/mol. The molecule has 2 atom stereocenters. The van der Waals surface area contributed by atoms with E-state index >= 15 is 0 Å². The minimum atomic E-state index is -0.966. The van der Waals surface area contributed by atoms with Crippen molar-refractivity contribution >= 4 is 12.1 Å². The molecule has 0 aliphatic carbocycles. The third-order valence-electron chi connectivity index (χ3n) is 2.78. The first-order chi connectivity index (χ1) is 9.39. The fourth-order valence-electron chi connectivity index (χ4n) is 2.15. The summed E-state index contributed by atoms with van der Waals surface area (Å²) in [5.41, 5.74) is -0.594. The van der Waals surface area contributed by atoms with Crippen LogP contribution in [0.3, 0.4) is 0 Å². The lowest BCUT2D eigenvalue weighted by Gasteiger charge is -2.27. The van der Waals surface area contributed by atoms with Crippen molar-refractivity contribution in [2.75, 3.05) is 0 Å². The van der Waals surface area contributed by atoms with E-state index in [9.17, 15) is 9.59 Å². The number of hydrogen-bond acceptors (Lipinski definition) is 5. The Balaban J connectivity index is 2.77. The molecule has 1 N–H and O–H groups in total. The van der Waals surface area contributed by atoms with Crippen molar-refractivity contribution in [2.45, 2.75) is 78.4 Å². The third kappa shape index (κ3) is 5.91. The number of nitrogens with one attached hydrogen (secondary N) is 1. The van der Waals surface area contributed by atoms with Crippen LogP contribution in [0.4, 0.5) is 4.79 Å². The molecule has 1 saturated heterocycles. The van der Waals surface area contributed by atoms with Gasteiger partial charge in [-0.2, -0.15) is 0 Å². The van der Waals surface area contributed by atoms with Gasteiger partial charge in [0.2, 0.25) is 5.79 Å². The summed E-state index contributed by atoms with van der Waals surface area (Å²) in [6, 6.07) is -0.478. The van der Waals surface area contributed by atoms with Gasteiger partial charge in [-0.3, -0.25) is 0 Å². The van der Waals surface area contributed by atoms with Crippen LogP contribution in [-0.2, 0) is 19.0 Å². The van der Waals surface area contributed by atoms with Crippen LogP contribution in [0, 0.1) is 5.92 Å². The van der Waals surface area contributed by atoms with Gasteiger partial charge < -0.3 is 19.5 Å². The van der Waals surface area contributed by atoms with Gasteiger partial charge in [0.1, 0.15) is 5.60 Å². The van der Waals surface area contributed by atoms with E-state index < -0.39 is 35.6 Å². The van der Waals surface area contributed by atoms with Crippen LogP contribution in [0.15, 0.2) is 0 Å². The first-order valence-electron chi connectivity index (χ1n) is 7.30. The minimum absolute atomic E-state index is 0.282. The normalized spacial score (nSPS) is 22.9. The number of ether oxygens (including phenoxy) is 3. The lowest BCUT2D eigenvalue weighted by Crippen LogP contribution is -2.48. The van der Waals surface area contributed by atoms with Gasteiger partial charge in [-0.25, -0.2) is 9.59 Å². The Hall–Kier alpha value is -1.30. The maximum atomic E-state index is 11.9. The van der Waals surface area contributed by atoms with Crippen molar-refractivity contribution in [2.24, 2.45) is 5.92 Å². The molecule has 21 heavy (non-hydrogen) atoms. The molecule has 1 aliphatic rings. The van der Waals surface area contributed by atoms with Crippen molar-refractivity contribution < 1.29 is 23.8 Å². The third-order valence-corrected chi connectivity index (χ3v) is 2.78. The summed E-state index contributed by atoms with van der Waals surface area (Å²) in [4.78, 5) is 23.9. The molecule has 0 spiro atoms. The Morgan fingerprint density at radius 2 is 1.95 bits per heavy atom. The van der Waals surface area contributed by atoms with Gasteiger partial charge in [0.05, 0.1) is 6.04 Å². The predicted octanol–water partition coefficient (Wildman–Crippen LogP) is 2.60. The molecule has 0 aromatic heterocycles. The smallest absolute Gasteiger partial charge is 0.407 e. The van der Waals surface area contributed by atoms with Crippen LogP contribution < -0.4 is 5.32 Å². The first-order valence-corrected chi connectivity index (χ1v) is 7.30. The molecule has 1 heterocycles. The van der Waals surface area contributed by atoms with Crippen molar-refractivity contribution in [3.05, 3.63) is 0 Å². The monoisotopic (exact) mass is 301 g/mol. The van der Waals surface area contributed by atoms with Crippen LogP contribution in [0.2, 0.25) is 0 Å². The molecule has 0 bridgehead atoms. The molecule has 6 nitrogen and oxygen atoms in total. The van der Waals surface area contributed by atoms with Crippen LogP contribution in [-0.4, -0.2) is 35.6 Å². The second kappa shape index (κ2) is 6.22. The standard InChI is InChI=1S/C15H27NO5/c1-9(2)8-10(16-13(18)21-14(3,4)5)11-12(17)20-15(6,7)19-11/h9-11H,8H2,1-7H3,(H,16,18)/t10-,11+/m1/s1. The molecule has 1 aliphatic heterocycles. The average Bonchev–Trinajstić information content (AvgIpc) is 2.47. The molecule has 122 valence electrons. The van der Waals surface area contributed by atoms with E-state index in [0.717, 1.165) is 0 Å². The Labute approximate surface area is 126 Å². The van der Waals surface area contributed by atoms with Crippen molar-refractivity contribution in [3.8, 4) is 0 Å². The lowest BCUT2D eigenvalue weighted by molar-refractivity contribution is -0.161. The van der Waals surface area contributed by atoms with E-state index in [1.807, 2.05) is 13.8 Å². The van der Waals surface area contributed by atoms with Gasteiger partial charge in [0.15, 0.2) is 6.10 Å². The van der Waals surface area contributed by atoms with E-state index in [1.165, 1.54) is 0 Å². The fourth-order valence-corrected chi connectivity index (χ4v) is 2.15. The minimum Gasteiger partial charge on any atom is -0.444 e.